The molecular formula is C29H30O5. The predicted molar refractivity (Wildman–Crippen MR) is 132 cm³/mol. The van der Waals surface area contributed by atoms with Gasteiger partial charge in [-0.3, -0.25) is 0 Å². The van der Waals surface area contributed by atoms with Crippen LogP contribution >= 0.6 is 0 Å². The lowest BCUT2D eigenvalue weighted by Gasteiger charge is -2.20. The minimum Gasteiger partial charge on any atom is -0.491 e. The Morgan fingerprint density at radius 3 is 1.68 bits per heavy atom. The Labute approximate surface area is 202 Å². The first kappa shape index (κ1) is 23.9. The number of hydrogen-bond acceptors (Lipinski definition) is 5. The lowest BCUT2D eigenvalue weighted by atomic mass is 9.91. The summed E-state index contributed by atoms with van der Waals surface area (Å²) in [6, 6.07) is 12.2. The van der Waals surface area contributed by atoms with Crippen molar-refractivity contribution >= 4 is 0 Å². The first-order chi connectivity index (χ1) is 16.9. The molecule has 0 radical (unpaired) electrons. The minimum atomic E-state index is 0.437. The van der Waals surface area contributed by atoms with Gasteiger partial charge in [0.15, 0.2) is 0 Å². The molecule has 1 aliphatic heterocycles. The highest BCUT2D eigenvalue weighted by Gasteiger charge is 2.20. The number of rotatable bonds is 0. The number of benzene rings is 2. The van der Waals surface area contributed by atoms with E-state index in [4.69, 9.17) is 23.7 Å². The molecule has 0 bridgehead atoms. The summed E-state index contributed by atoms with van der Waals surface area (Å²) in [5, 5.41) is 0. The average Bonchev–Trinajstić information content (AvgIpc) is 2.87. The first-order valence-electron chi connectivity index (χ1n) is 11.8. The van der Waals surface area contributed by atoms with Crippen molar-refractivity contribution in [2.45, 2.75) is 19.3 Å². The van der Waals surface area contributed by atoms with Crippen LogP contribution in [0.2, 0.25) is 0 Å². The Balaban J connectivity index is 1.78. The Bertz CT molecular complexity index is 1100. The molecule has 176 valence electrons. The van der Waals surface area contributed by atoms with Crippen LogP contribution < -0.4 is 9.47 Å². The van der Waals surface area contributed by atoms with Crippen LogP contribution in [0.3, 0.4) is 0 Å². The van der Waals surface area contributed by atoms with Crippen LogP contribution in [0.4, 0.5) is 0 Å². The quantitative estimate of drug-likeness (QED) is 0.553. The molecule has 0 atom stereocenters. The Morgan fingerprint density at radius 1 is 0.559 bits per heavy atom. The van der Waals surface area contributed by atoms with E-state index in [0.717, 1.165) is 33.8 Å². The Kier molecular flexibility index (Phi) is 9.48. The third kappa shape index (κ3) is 6.89. The van der Waals surface area contributed by atoms with Crippen molar-refractivity contribution in [3.8, 4) is 46.3 Å². The summed E-state index contributed by atoms with van der Waals surface area (Å²) >= 11 is 0. The zero-order valence-corrected chi connectivity index (χ0v) is 19.4. The molecule has 0 saturated carbocycles. The van der Waals surface area contributed by atoms with E-state index in [1.807, 2.05) is 36.4 Å². The third-order valence-electron chi connectivity index (χ3n) is 5.40. The van der Waals surface area contributed by atoms with Crippen LogP contribution in [-0.2, 0) is 27.1 Å². The van der Waals surface area contributed by atoms with Gasteiger partial charge in [0.2, 0.25) is 0 Å². The summed E-state index contributed by atoms with van der Waals surface area (Å²) in [4.78, 5) is 0. The van der Waals surface area contributed by atoms with Crippen LogP contribution in [0.1, 0.15) is 17.5 Å². The van der Waals surface area contributed by atoms with Crippen LogP contribution in [0.25, 0.3) is 11.1 Å². The van der Waals surface area contributed by atoms with E-state index in [9.17, 15) is 0 Å². The van der Waals surface area contributed by atoms with Gasteiger partial charge < -0.3 is 23.7 Å². The second-order valence-electron chi connectivity index (χ2n) is 7.75. The third-order valence-corrected chi connectivity index (χ3v) is 5.40. The van der Waals surface area contributed by atoms with Crippen LogP contribution in [-0.4, -0.2) is 52.9 Å². The molecule has 5 nitrogen and oxygen atoms in total. The highest BCUT2D eigenvalue weighted by atomic mass is 16.6. The molecule has 0 N–H and O–H groups in total. The maximum absolute atomic E-state index is 6.25. The van der Waals surface area contributed by atoms with Crippen molar-refractivity contribution in [1.82, 2.24) is 0 Å². The second kappa shape index (κ2) is 13.5. The summed E-state index contributed by atoms with van der Waals surface area (Å²) in [6.07, 6.45) is 5.78. The molecule has 0 saturated heterocycles. The molecule has 0 fully saturated rings. The van der Waals surface area contributed by atoms with E-state index >= 15 is 0 Å². The van der Waals surface area contributed by atoms with Crippen LogP contribution in [0.5, 0.6) is 11.5 Å². The van der Waals surface area contributed by atoms with Gasteiger partial charge >= 0.3 is 0 Å². The van der Waals surface area contributed by atoms with Gasteiger partial charge in [-0.15, -0.1) is 0 Å². The fraction of sp³-hybridized carbons (Fsp3) is 0.379. The molecule has 2 aliphatic rings. The van der Waals surface area contributed by atoms with Gasteiger partial charge in [0.1, 0.15) is 24.7 Å². The molecule has 2 aromatic rings. The second-order valence-corrected chi connectivity index (χ2v) is 7.75. The Hall–Kier alpha value is -3.22. The molecule has 1 aliphatic carbocycles. The molecule has 1 heterocycles. The summed E-state index contributed by atoms with van der Waals surface area (Å²) in [7, 11) is 0. The molecule has 0 spiro atoms. The summed E-state index contributed by atoms with van der Waals surface area (Å²) in [5.41, 5.74) is 4.19. The SMILES string of the molecule is C1#CCc2cccc3c2-c2c(cccc2OCCOCCOCCOCCO3)CC#CCC=C1. The first-order valence-corrected chi connectivity index (χ1v) is 11.8. The predicted octanol–water partition coefficient (Wildman–Crippen LogP) is 4.23. The van der Waals surface area contributed by atoms with E-state index in [1.165, 1.54) is 0 Å². The number of hydrogen-bond donors (Lipinski definition) is 0. The van der Waals surface area contributed by atoms with E-state index in [1.54, 1.807) is 0 Å². The molecule has 34 heavy (non-hydrogen) atoms. The molecule has 0 unspecified atom stereocenters. The standard InChI is InChI=1S/C29H30O5/c1-2-4-6-10-24-12-8-14-26-28(24)29-25(11-7-5-3-1)13-9-15-27(29)34-23-21-32-19-17-30-16-18-31-20-22-33-26/h1-2,8-9,12-15H,3,10-11,16-23H2. The summed E-state index contributed by atoms with van der Waals surface area (Å²) in [5.74, 6) is 14.5. The maximum Gasteiger partial charge on any atom is 0.127 e. The highest BCUT2D eigenvalue weighted by Crippen LogP contribution is 2.42. The van der Waals surface area contributed by atoms with Gasteiger partial charge in [0.05, 0.1) is 39.6 Å². The fourth-order valence-corrected chi connectivity index (χ4v) is 3.83. The Morgan fingerprint density at radius 2 is 1.09 bits per heavy atom. The molecule has 5 heteroatoms. The van der Waals surface area contributed by atoms with Crippen molar-refractivity contribution in [2.24, 2.45) is 0 Å². The van der Waals surface area contributed by atoms with E-state index in [-0.39, 0.29) is 0 Å². The van der Waals surface area contributed by atoms with Crippen molar-refractivity contribution in [1.29, 1.82) is 0 Å². The summed E-state index contributed by atoms with van der Waals surface area (Å²) < 4.78 is 29.4. The molecule has 0 amide bonds. The molecular weight excluding hydrogens is 428 g/mol. The monoisotopic (exact) mass is 458 g/mol. The van der Waals surface area contributed by atoms with Gasteiger partial charge in [-0.05, 0) is 29.3 Å². The average molecular weight is 459 g/mol. The van der Waals surface area contributed by atoms with Crippen LogP contribution in [0.15, 0.2) is 48.6 Å². The van der Waals surface area contributed by atoms with Gasteiger partial charge in [0, 0.05) is 30.4 Å². The topological polar surface area (TPSA) is 46.2 Å². The zero-order chi connectivity index (χ0) is 23.3. The van der Waals surface area contributed by atoms with E-state index in [0.29, 0.717) is 72.1 Å². The molecule has 0 aromatic heterocycles. The lowest BCUT2D eigenvalue weighted by molar-refractivity contribution is 0.00519. The van der Waals surface area contributed by atoms with Crippen molar-refractivity contribution in [3.05, 3.63) is 59.7 Å². The normalized spacial score (nSPS) is 17.3. The number of ether oxygens (including phenoxy) is 5. The molecule has 4 rings (SSSR count). The molecule has 2 aromatic carbocycles. The van der Waals surface area contributed by atoms with E-state index in [2.05, 4.69) is 35.8 Å². The summed E-state index contributed by atoms with van der Waals surface area (Å²) in [6.45, 7) is 3.94. The van der Waals surface area contributed by atoms with Gasteiger partial charge in [-0.2, -0.15) is 0 Å². The smallest absolute Gasteiger partial charge is 0.127 e. The van der Waals surface area contributed by atoms with Gasteiger partial charge in [-0.25, -0.2) is 0 Å². The van der Waals surface area contributed by atoms with Gasteiger partial charge in [-0.1, -0.05) is 54.0 Å². The zero-order valence-electron chi connectivity index (χ0n) is 19.4. The fourth-order valence-electron chi connectivity index (χ4n) is 3.83. The van der Waals surface area contributed by atoms with Crippen molar-refractivity contribution in [3.63, 3.8) is 0 Å². The van der Waals surface area contributed by atoms with Crippen molar-refractivity contribution in [2.75, 3.05) is 52.9 Å². The lowest BCUT2D eigenvalue weighted by Crippen LogP contribution is -2.14. The highest BCUT2D eigenvalue weighted by molar-refractivity contribution is 5.82. The number of allylic oxidation sites excluding steroid dienone is 2. The van der Waals surface area contributed by atoms with Gasteiger partial charge in [0.25, 0.3) is 0 Å². The maximum atomic E-state index is 6.25. The van der Waals surface area contributed by atoms with Crippen LogP contribution in [0, 0.1) is 23.7 Å². The minimum absolute atomic E-state index is 0.437. The van der Waals surface area contributed by atoms with E-state index < -0.39 is 0 Å². The van der Waals surface area contributed by atoms with Crippen molar-refractivity contribution < 1.29 is 23.7 Å². The largest absolute Gasteiger partial charge is 0.491 e.